The average molecular weight is 293 g/mol. The van der Waals surface area contributed by atoms with E-state index in [2.05, 4.69) is 29.2 Å². The van der Waals surface area contributed by atoms with Gasteiger partial charge in [0.05, 0.1) is 5.92 Å². The monoisotopic (exact) mass is 293 g/mol. The van der Waals surface area contributed by atoms with Crippen molar-refractivity contribution in [2.45, 2.75) is 26.2 Å². The zero-order valence-corrected chi connectivity index (χ0v) is 13.1. The molecule has 0 radical (unpaired) electrons. The molecule has 0 aliphatic rings. The van der Waals surface area contributed by atoms with E-state index in [0.717, 1.165) is 39.0 Å². The maximum Gasteiger partial charge on any atom is 0.307 e. The molecule has 1 aromatic carbocycles. The summed E-state index contributed by atoms with van der Waals surface area (Å²) in [6, 6.07) is 10.4. The Morgan fingerprint density at radius 3 is 2.52 bits per heavy atom. The smallest absolute Gasteiger partial charge is 0.307 e. The Bertz CT molecular complexity index is 394. The molecule has 0 bridgehead atoms. The highest BCUT2D eigenvalue weighted by Gasteiger charge is 2.15. The van der Waals surface area contributed by atoms with Crippen molar-refractivity contribution in [2.24, 2.45) is 5.92 Å². The molecular formula is C17H27NO3. The third kappa shape index (κ3) is 7.83. The molecule has 4 heteroatoms. The molecule has 0 aromatic heterocycles. The van der Waals surface area contributed by atoms with Gasteiger partial charge in [-0.15, -0.1) is 0 Å². The molecule has 21 heavy (non-hydrogen) atoms. The first-order valence-electron chi connectivity index (χ1n) is 7.61. The SMILES string of the molecule is COCCCN(CCCc1ccccc1)CC(C)C(=O)O. The van der Waals surface area contributed by atoms with Crippen LogP contribution < -0.4 is 0 Å². The molecule has 1 aromatic rings. The molecule has 1 unspecified atom stereocenters. The fourth-order valence-corrected chi connectivity index (χ4v) is 2.34. The molecule has 0 aliphatic heterocycles. The van der Waals surface area contributed by atoms with Gasteiger partial charge in [-0.25, -0.2) is 0 Å². The molecule has 0 amide bonds. The first-order valence-corrected chi connectivity index (χ1v) is 7.61. The van der Waals surface area contributed by atoms with Crippen molar-refractivity contribution in [2.75, 3.05) is 33.4 Å². The molecule has 4 nitrogen and oxygen atoms in total. The van der Waals surface area contributed by atoms with E-state index in [0.29, 0.717) is 6.54 Å². The summed E-state index contributed by atoms with van der Waals surface area (Å²) in [7, 11) is 1.69. The number of ether oxygens (including phenoxy) is 1. The second kappa shape index (κ2) is 10.4. The lowest BCUT2D eigenvalue weighted by atomic mass is 10.1. The molecule has 1 N–H and O–H groups in total. The van der Waals surface area contributed by atoms with E-state index < -0.39 is 5.97 Å². The Morgan fingerprint density at radius 1 is 1.24 bits per heavy atom. The number of carboxylic acids is 1. The number of benzene rings is 1. The first kappa shape index (κ1) is 17.7. The minimum Gasteiger partial charge on any atom is -0.481 e. The summed E-state index contributed by atoms with van der Waals surface area (Å²) in [6.45, 7) is 4.91. The number of nitrogens with zero attached hydrogens (tertiary/aromatic N) is 1. The summed E-state index contributed by atoms with van der Waals surface area (Å²) in [6.07, 6.45) is 3.01. The van der Waals surface area contributed by atoms with E-state index in [-0.39, 0.29) is 5.92 Å². The van der Waals surface area contributed by atoms with Gasteiger partial charge in [0.2, 0.25) is 0 Å². The number of carbonyl (C=O) groups is 1. The predicted molar refractivity (Wildman–Crippen MR) is 84.5 cm³/mol. The lowest BCUT2D eigenvalue weighted by molar-refractivity contribution is -0.141. The molecule has 0 spiro atoms. The highest BCUT2D eigenvalue weighted by atomic mass is 16.5. The summed E-state index contributed by atoms with van der Waals surface area (Å²) in [5.41, 5.74) is 1.33. The maximum absolute atomic E-state index is 11.0. The van der Waals surface area contributed by atoms with Crippen LogP contribution in [-0.4, -0.2) is 49.3 Å². The van der Waals surface area contributed by atoms with E-state index in [1.807, 2.05) is 6.07 Å². The van der Waals surface area contributed by atoms with Crippen molar-refractivity contribution in [1.82, 2.24) is 4.90 Å². The van der Waals surface area contributed by atoms with Crippen molar-refractivity contribution in [3.8, 4) is 0 Å². The largest absolute Gasteiger partial charge is 0.481 e. The Morgan fingerprint density at radius 2 is 1.90 bits per heavy atom. The minimum absolute atomic E-state index is 0.329. The highest BCUT2D eigenvalue weighted by molar-refractivity contribution is 5.69. The number of rotatable bonds is 11. The molecule has 118 valence electrons. The van der Waals surface area contributed by atoms with Gasteiger partial charge in [0.25, 0.3) is 0 Å². The van der Waals surface area contributed by atoms with Crippen molar-refractivity contribution < 1.29 is 14.6 Å². The molecule has 1 rings (SSSR count). The van der Waals surface area contributed by atoms with Gasteiger partial charge < -0.3 is 14.7 Å². The van der Waals surface area contributed by atoms with Gasteiger partial charge in [-0.3, -0.25) is 4.79 Å². The van der Waals surface area contributed by atoms with Crippen molar-refractivity contribution in [3.63, 3.8) is 0 Å². The quantitative estimate of drug-likeness (QED) is 0.637. The van der Waals surface area contributed by atoms with E-state index >= 15 is 0 Å². The van der Waals surface area contributed by atoms with Gasteiger partial charge >= 0.3 is 5.97 Å². The zero-order chi connectivity index (χ0) is 15.5. The standard InChI is InChI=1S/C17H27NO3/c1-15(17(19)20)14-18(12-7-13-21-2)11-6-10-16-8-4-3-5-9-16/h3-5,8-9,15H,6-7,10-14H2,1-2H3,(H,19,20). The molecule has 0 heterocycles. The molecular weight excluding hydrogens is 266 g/mol. The number of aliphatic carboxylic acids is 1. The number of carboxylic acid groups (broad SMARTS) is 1. The van der Waals surface area contributed by atoms with Gasteiger partial charge in [-0.1, -0.05) is 37.3 Å². The summed E-state index contributed by atoms with van der Waals surface area (Å²) in [5.74, 6) is -1.06. The van der Waals surface area contributed by atoms with Crippen LogP contribution in [0.1, 0.15) is 25.3 Å². The van der Waals surface area contributed by atoms with Gasteiger partial charge in [0.15, 0.2) is 0 Å². The summed E-state index contributed by atoms with van der Waals surface area (Å²) in [4.78, 5) is 13.2. The van der Waals surface area contributed by atoms with Crippen LogP contribution in [-0.2, 0) is 16.0 Å². The van der Waals surface area contributed by atoms with Crippen LogP contribution in [0.15, 0.2) is 30.3 Å². The Hall–Kier alpha value is -1.39. The van der Waals surface area contributed by atoms with Gasteiger partial charge in [-0.2, -0.15) is 0 Å². The van der Waals surface area contributed by atoms with E-state index in [4.69, 9.17) is 9.84 Å². The van der Waals surface area contributed by atoms with Crippen LogP contribution >= 0.6 is 0 Å². The summed E-state index contributed by atoms with van der Waals surface area (Å²) < 4.78 is 5.08. The lowest BCUT2D eigenvalue weighted by Gasteiger charge is -2.24. The van der Waals surface area contributed by atoms with E-state index in [9.17, 15) is 4.79 Å². The zero-order valence-electron chi connectivity index (χ0n) is 13.1. The number of hydrogen-bond acceptors (Lipinski definition) is 3. The summed E-state index contributed by atoms with van der Waals surface area (Å²) in [5, 5.41) is 9.05. The van der Waals surface area contributed by atoms with Crippen LogP contribution in [0.4, 0.5) is 0 Å². The fraction of sp³-hybridized carbons (Fsp3) is 0.588. The normalized spacial score (nSPS) is 12.5. The van der Waals surface area contributed by atoms with Crippen LogP contribution in [0.5, 0.6) is 0 Å². The highest BCUT2D eigenvalue weighted by Crippen LogP contribution is 2.07. The summed E-state index contributed by atoms with van der Waals surface area (Å²) >= 11 is 0. The number of hydrogen-bond donors (Lipinski definition) is 1. The third-order valence-corrected chi connectivity index (χ3v) is 3.56. The van der Waals surface area contributed by atoms with Crippen LogP contribution in [0.3, 0.4) is 0 Å². The van der Waals surface area contributed by atoms with E-state index in [1.54, 1.807) is 14.0 Å². The van der Waals surface area contributed by atoms with Crippen molar-refractivity contribution >= 4 is 5.97 Å². The van der Waals surface area contributed by atoms with Crippen LogP contribution in [0, 0.1) is 5.92 Å². The van der Waals surface area contributed by atoms with Gasteiger partial charge in [0.1, 0.15) is 0 Å². The van der Waals surface area contributed by atoms with Crippen LogP contribution in [0.2, 0.25) is 0 Å². The Kier molecular flexibility index (Phi) is 8.71. The molecule has 0 fully saturated rings. The van der Waals surface area contributed by atoms with Crippen LogP contribution in [0.25, 0.3) is 0 Å². The van der Waals surface area contributed by atoms with Crippen molar-refractivity contribution in [3.05, 3.63) is 35.9 Å². The average Bonchev–Trinajstić information content (AvgIpc) is 2.48. The maximum atomic E-state index is 11.0. The molecule has 0 saturated heterocycles. The molecule has 0 aliphatic carbocycles. The first-order chi connectivity index (χ1) is 10.1. The van der Waals surface area contributed by atoms with Crippen molar-refractivity contribution in [1.29, 1.82) is 0 Å². The minimum atomic E-state index is -0.727. The number of aryl methyl sites for hydroxylation is 1. The fourth-order valence-electron chi connectivity index (χ4n) is 2.34. The van der Waals surface area contributed by atoms with Gasteiger partial charge in [0, 0.05) is 26.8 Å². The molecule has 0 saturated carbocycles. The van der Waals surface area contributed by atoms with E-state index in [1.165, 1.54) is 5.56 Å². The predicted octanol–water partition coefficient (Wildman–Crippen LogP) is 2.68. The topological polar surface area (TPSA) is 49.8 Å². The second-order valence-corrected chi connectivity index (χ2v) is 5.48. The number of methoxy groups -OCH3 is 1. The second-order valence-electron chi connectivity index (χ2n) is 5.48. The third-order valence-electron chi connectivity index (χ3n) is 3.56. The lowest BCUT2D eigenvalue weighted by Crippen LogP contribution is -2.34. The Balaban J connectivity index is 2.38. The Labute approximate surface area is 127 Å². The molecule has 1 atom stereocenters. The van der Waals surface area contributed by atoms with Gasteiger partial charge in [-0.05, 0) is 31.4 Å².